The van der Waals surface area contributed by atoms with Crippen LogP contribution in [-0.4, -0.2) is 19.0 Å². The number of anilines is 2. The van der Waals surface area contributed by atoms with Gasteiger partial charge in [-0.1, -0.05) is 6.07 Å². The van der Waals surface area contributed by atoms with Gasteiger partial charge >= 0.3 is 0 Å². The Labute approximate surface area is 136 Å². The minimum Gasteiger partial charge on any atom is -0.372 e. The second-order valence-corrected chi connectivity index (χ2v) is 6.99. The Morgan fingerprint density at radius 1 is 1.23 bits per heavy atom. The van der Waals surface area contributed by atoms with Crippen molar-refractivity contribution in [2.24, 2.45) is 0 Å². The van der Waals surface area contributed by atoms with Crippen molar-refractivity contribution < 1.29 is 4.79 Å². The highest BCUT2D eigenvalue weighted by Gasteiger charge is 2.15. The van der Waals surface area contributed by atoms with Crippen LogP contribution in [0.25, 0.3) is 0 Å². The Morgan fingerprint density at radius 3 is 2.50 bits per heavy atom. The summed E-state index contributed by atoms with van der Waals surface area (Å²) in [6.45, 7) is 6.44. The summed E-state index contributed by atoms with van der Waals surface area (Å²) in [4.78, 5) is 15.7. The third kappa shape index (κ3) is 3.33. The smallest absolute Gasteiger partial charge is 0.229 e. The molecule has 3 rings (SSSR count). The maximum atomic E-state index is 12.2. The molecule has 0 aliphatic carbocycles. The van der Waals surface area contributed by atoms with Crippen molar-refractivity contribution in [1.82, 2.24) is 0 Å². The number of nitrogens with zero attached hydrogens (tertiary/aromatic N) is 1. The van der Waals surface area contributed by atoms with Gasteiger partial charge in [0, 0.05) is 29.3 Å². The molecule has 22 heavy (non-hydrogen) atoms. The molecule has 0 saturated carbocycles. The summed E-state index contributed by atoms with van der Waals surface area (Å²) >= 11 is 1.62. The van der Waals surface area contributed by atoms with Gasteiger partial charge in [0.25, 0.3) is 0 Å². The van der Waals surface area contributed by atoms with E-state index in [2.05, 4.69) is 36.2 Å². The number of nitrogens with one attached hydrogen (secondary N) is 1. The number of hydrogen-bond donors (Lipinski definition) is 1. The van der Waals surface area contributed by atoms with Crippen LogP contribution in [-0.2, 0) is 11.2 Å². The maximum absolute atomic E-state index is 12.2. The molecule has 1 saturated heterocycles. The van der Waals surface area contributed by atoms with Gasteiger partial charge in [0.2, 0.25) is 5.91 Å². The molecule has 1 fully saturated rings. The summed E-state index contributed by atoms with van der Waals surface area (Å²) in [5.74, 6) is 0.0579. The first-order valence-electron chi connectivity index (χ1n) is 7.82. The first-order chi connectivity index (χ1) is 10.6. The molecule has 1 amide bonds. The van der Waals surface area contributed by atoms with E-state index < -0.39 is 0 Å². The van der Waals surface area contributed by atoms with Gasteiger partial charge in [-0.25, -0.2) is 0 Å². The van der Waals surface area contributed by atoms with Crippen LogP contribution >= 0.6 is 11.3 Å². The molecular weight excluding hydrogens is 292 g/mol. The molecule has 1 aromatic heterocycles. The van der Waals surface area contributed by atoms with E-state index in [0.717, 1.165) is 34.8 Å². The van der Waals surface area contributed by atoms with Crippen molar-refractivity contribution in [3.8, 4) is 0 Å². The second kappa shape index (κ2) is 6.53. The van der Waals surface area contributed by atoms with Crippen molar-refractivity contribution in [3.63, 3.8) is 0 Å². The lowest BCUT2D eigenvalue weighted by Gasteiger charge is -2.21. The van der Waals surface area contributed by atoms with Crippen LogP contribution in [0.4, 0.5) is 11.4 Å². The number of benzene rings is 1. The average molecular weight is 314 g/mol. The molecule has 0 bridgehead atoms. The Bertz CT molecular complexity index is 635. The summed E-state index contributed by atoms with van der Waals surface area (Å²) in [5.41, 5.74) is 4.52. The maximum Gasteiger partial charge on any atom is 0.229 e. The second-order valence-electron chi connectivity index (χ2n) is 5.95. The third-order valence-corrected chi connectivity index (χ3v) is 5.04. The first-order valence-corrected chi connectivity index (χ1v) is 8.70. The lowest BCUT2D eigenvalue weighted by Crippen LogP contribution is -2.19. The molecule has 2 heterocycles. The molecule has 1 aromatic carbocycles. The van der Waals surface area contributed by atoms with Gasteiger partial charge in [-0.15, -0.1) is 11.3 Å². The topological polar surface area (TPSA) is 32.3 Å². The minimum absolute atomic E-state index is 0.0579. The zero-order chi connectivity index (χ0) is 15.5. The quantitative estimate of drug-likeness (QED) is 0.919. The summed E-state index contributed by atoms with van der Waals surface area (Å²) < 4.78 is 0. The van der Waals surface area contributed by atoms with Crippen molar-refractivity contribution in [2.45, 2.75) is 33.1 Å². The van der Waals surface area contributed by atoms with Gasteiger partial charge < -0.3 is 10.2 Å². The van der Waals surface area contributed by atoms with E-state index in [0.29, 0.717) is 6.42 Å². The molecule has 0 atom stereocenters. The Hall–Kier alpha value is -1.81. The van der Waals surface area contributed by atoms with Crippen molar-refractivity contribution in [3.05, 3.63) is 45.6 Å². The van der Waals surface area contributed by atoms with Gasteiger partial charge in [0.05, 0.1) is 6.42 Å². The number of carbonyl (C=O) groups excluding carboxylic acids is 1. The van der Waals surface area contributed by atoms with Gasteiger partial charge in [0.1, 0.15) is 0 Å². The summed E-state index contributed by atoms with van der Waals surface area (Å²) in [5, 5.41) is 5.09. The molecule has 1 N–H and O–H groups in total. The standard InChI is InChI=1S/C18H22N2OS/c1-13-10-15(20-7-3-4-8-20)11-14(2)18(13)19-17(21)12-16-6-5-9-22-16/h5-6,9-11H,3-4,7-8,12H2,1-2H3,(H,19,21). The molecular formula is C18H22N2OS. The molecule has 4 heteroatoms. The molecule has 2 aromatic rings. The Morgan fingerprint density at radius 2 is 1.91 bits per heavy atom. The van der Waals surface area contributed by atoms with Crippen LogP contribution in [0.1, 0.15) is 28.8 Å². The van der Waals surface area contributed by atoms with Crippen LogP contribution < -0.4 is 10.2 Å². The normalized spacial score (nSPS) is 14.4. The predicted octanol–water partition coefficient (Wildman–Crippen LogP) is 4.15. The Kier molecular flexibility index (Phi) is 4.48. The van der Waals surface area contributed by atoms with Gasteiger partial charge in [0.15, 0.2) is 0 Å². The molecule has 3 nitrogen and oxygen atoms in total. The number of amides is 1. The fourth-order valence-corrected chi connectivity index (χ4v) is 3.75. The lowest BCUT2D eigenvalue weighted by molar-refractivity contribution is -0.115. The van der Waals surface area contributed by atoms with Crippen LogP contribution in [0, 0.1) is 13.8 Å². The van der Waals surface area contributed by atoms with Crippen LogP contribution in [0.5, 0.6) is 0 Å². The number of hydrogen-bond acceptors (Lipinski definition) is 3. The monoisotopic (exact) mass is 314 g/mol. The van der Waals surface area contributed by atoms with E-state index in [9.17, 15) is 4.79 Å². The largest absolute Gasteiger partial charge is 0.372 e. The SMILES string of the molecule is Cc1cc(N2CCCC2)cc(C)c1NC(=O)Cc1cccs1. The van der Waals surface area contributed by atoms with E-state index in [-0.39, 0.29) is 5.91 Å². The highest BCUT2D eigenvalue weighted by Crippen LogP contribution is 2.29. The Balaban J connectivity index is 1.74. The van der Waals surface area contributed by atoms with Crippen LogP contribution in [0.15, 0.2) is 29.6 Å². The fraction of sp³-hybridized carbons (Fsp3) is 0.389. The number of aryl methyl sites for hydroxylation is 2. The minimum atomic E-state index is 0.0579. The molecule has 1 aliphatic heterocycles. The third-order valence-electron chi connectivity index (χ3n) is 4.17. The first kappa shape index (κ1) is 15.1. The molecule has 0 radical (unpaired) electrons. The van der Waals surface area contributed by atoms with Gasteiger partial charge in [-0.05, 0) is 61.4 Å². The zero-order valence-corrected chi connectivity index (χ0v) is 14.0. The van der Waals surface area contributed by atoms with Crippen molar-refractivity contribution in [2.75, 3.05) is 23.3 Å². The summed E-state index contributed by atoms with van der Waals surface area (Å²) in [6, 6.07) is 8.37. The van der Waals surface area contributed by atoms with E-state index in [4.69, 9.17) is 0 Å². The summed E-state index contributed by atoms with van der Waals surface area (Å²) in [6.07, 6.45) is 3.00. The zero-order valence-electron chi connectivity index (χ0n) is 13.2. The van der Waals surface area contributed by atoms with Gasteiger partial charge in [-0.2, -0.15) is 0 Å². The number of rotatable bonds is 4. The molecule has 1 aliphatic rings. The predicted molar refractivity (Wildman–Crippen MR) is 94.0 cm³/mol. The number of thiophene rings is 1. The lowest BCUT2D eigenvalue weighted by atomic mass is 10.1. The molecule has 0 unspecified atom stereocenters. The van der Waals surface area contributed by atoms with E-state index in [1.165, 1.54) is 18.5 Å². The van der Waals surface area contributed by atoms with Crippen molar-refractivity contribution in [1.29, 1.82) is 0 Å². The van der Waals surface area contributed by atoms with Crippen molar-refractivity contribution >= 4 is 28.6 Å². The van der Waals surface area contributed by atoms with E-state index in [1.54, 1.807) is 11.3 Å². The summed E-state index contributed by atoms with van der Waals surface area (Å²) in [7, 11) is 0. The van der Waals surface area contributed by atoms with Crippen LogP contribution in [0.3, 0.4) is 0 Å². The molecule has 0 spiro atoms. The van der Waals surface area contributed by atoms with E-state index >= 15 is 0 Å². The van der Waals surface area contributed by atoms with Gasteiger partial charge in [-0.3, -0.25) is 4.79 Å². The fourth-order valence-electron chi connectivity index (χ4n) is 3.05. The average Bonchev–Trinajstić information content (AvgIpc) is 3.15. The highest BCUT2D eigenvalue weighted by molar-refractivity contribution is 7.10. The molecule has 116 valence electrons. The van der Waals surface area contributed by atoms with E-state index in [1.807, 2.05) is 17.5 Å². The highest BCUT2D eigenvalue weighted by atomic mass is 32.1. The number of carbonyl (C=O) groups is 1. The van der Waals surface area contributed by atoms with Crippen LogP contribution in [0.2, 0.25) is 0 Å².